The molecular formula is C19H20F3N3O3S. The van der Waals surface area contributed by atoms with Gasteiger partial charge in [-0.25, -0.2) is 12.8 Å². The van der Waals surface area contributed by atoms with Crippen molar-refractivity contribution in [1.29, 1.82) is 5.26 Å². The third-order valence-corrected chi connectivity index (χ3v) is 6.67. The van der Waals surface area contributed by atoms with Gasteiger partial charge in [0.2, 0.25) is 0 Å². The number of H-pyrrole nitrogens is 1. The first kappa shape index (κ1) is 21.2. The van der Waals surface area contributed by atoms with Gasteiger partial charge in [0.25, 0.3) is 10.0 Å². The van der Waals surface area contributed by atoms with Crippen LogP contribution < -0.4 is 4.72 Å². The molecule has 0 amide bonds. The number of nitriles is 1. The minimum Gasteiger partial charge on any atom is -0.363 e. The number of anilines is 1. The van der Waals surface area contributed by atoms with Gasteiger partial charge >= 0.3 is 6.61 Å². The molecule has 0 spiro atoms. The number of halogens is 3. The minimum atomic E-state index is -4.08. The van der Waals surface area contributed by atoms with E-state index in [-0.39, 0.29) is 22.1 Å². The second-order valence-corrected chi connectivity index (χ2v) is 9.09. The summed E-state index contributed by atoms with van der Waals surface area (Å²) in [4.78, 5) is 2.90. The largest absolute Gasteiger partial charge is 0.363 e. The predicted octanol–water partition coefficient (Wildman–Crippen LogP) is 3.95. The smallest absolute Gasteiger partial charge is 0.345 e. The molecule has 1 aliphatic carbocycles. The Balaban J connectivity index is 1.83. The zero-order valence-corrected chi connectivity index (χ0v) is 16.6. The number of nitrogens with one attached hydrogen (secondary N) is 2. The second-order valence-electron chi connectivity index (χ2n) is 7.44. The topological polar surface area (TPSA) is 95.0 Å². The number of benzene rings is 1. The molecule has 156 valence electrons. The monoisotopic (exact) mass is 427 g/mol. The third kappa shape index (κ3) is 4.41. The number of fused-ring (bicyclic) bond motifs is 1. The molecule has 6 nitrogen and oxygen atoms in total. The van der Waals surface area contributed by atoms with Crippen LogP contribution in [0.1, 0.15) is 37.1 Å². The Morgan fingerprint density at radius 1 is 1.38 bits per heavy atom. The van der Waals surface area contributed by atoms with E-state index in [1.54, 1.807) is 19.9 Å². The van der Waals surface area contributed by atoms with Crippen LogP contribution in [0.5, 0.6) is 0 Å². The first-order valence-electron chi connectivity index (χ1n) is 8.91. The lowest BCUT2D eigenvalue weighted by Crippen LogP contribution is -2.39. The van der Waals surface area contributed by atoms with Crippen molar-refractivity contribution < 1.29 is 26.3 Å². The highest BCUT2D eigenvalue weighted by atomic mass is 32.2. The van der Waals surface area contributed by atoms with E-state index in [1.807, 2.05) is 0 Å². The van der Waals surface area contributed by atoms with E-state index in [0.717, 1.165) is 6.07 Å². The Morgan fingerprint density at radius 2 is 2.10 bits per heavy atom. The zero-order chi connectivity index (χ0) is 21.4. The average molecular weight is 427 g/mol. The number of aromatic amines is 1. The van der Waals surface area contributed by atoms with Gasteiger partial charge in [-0.1, -0.05) is 0 Å². The number of alkyl halides is 2. The third-order valence-electron chi connectivity index (χ3n) is 5.24. The number of sulfonamides is 1. The van der Waals surface area contributed by atoms with Crippen molar-refractivity contribution in [1.82, 2.24) is 4.98 Å². The molecule has 0 saturated carbocycles. The molecule has 2 N–H and O–H groups in total. The summed E-state index contributed by atoms with van der Waals surface area (Å²) in [7, 11) is -4.08. The summed E-state index contributed by atoms with van der Waals surface area (Å²) in [6.45, 7) is 0.285. The number of rotatable bonds is 6. The summed E-state index contributed by atoms with van der Waals surface area (Å²) in [6, 6.07) is 5.21. The van der Waals surface area contributed by atoms with Crippen molar-refractivity contribution in [2.75, 3.05) is 4.72 Å². The summed E-state index contributed by atoms with van der Waals surface area (Å²) in [6.07, 6.45) is 2.50. The molecule has 1 aromatic heterocycles. The van der Waals surface area contributed by atoms with E-state index in [9.17, 15) is 21.6 Å². The maximum atomic E-state index is 14.1. The van der Waals surface area contributed by atoms with Crippen LogP contribution in [0.2, 0.25) is 0 Å². The zero-order valence-electron chi connectivity index (χ0n) is 15.8. The molecule has 1 aromatic carbocycles. The Labute approximate surface area is 166 Å². The number of ether oxygens (including phenoxy) is 1. The highest BCUT2D eigenvalue weighted by Gasteiger charge is 2.38. The summed E-state index contributed by atoms with van der Waals surface area (Å²) < 4.78 is 71.9. The van der Waals surface area contributed by atoms with E-state index in [1.165, 1.54) is 18.3 Å². The van der Waals surface area contributed by atoms with Crippen LogP contribution in [-0.4, -0.2) is 25.6 Å². The molecule has 3 rings (SSSR count). The molecule has 0 radical (unpaired) electrons. The molecule has 29 heavy (non-hydrogen) atoms. The highest BCUT2D eigenvalue weighted by Crippen LogP contribution is 2.37. The SMILES string of the molecule is CC(C)(OC(F)F)C1CCc2c(S(=O)(=O)Nc3ccc(C#N)cc3F)c[nH]c2C1. The lowest BCUT2D eigenvalue weighted by atomic mass is 9.78. The fourth-order valence-corrected chi connectivity index (χ4v) is 4.95. The molecule has 2 aromatic rings. The molecule has 1 unspecified atom stereocenters. The fraction of sp³-hybridized carbons (Fsp3) is 0.421. The van der Waals surface area contributed by atoms with Crippen molar-refractivity contribution >= 4 is 15.7 Å². The number of nitrogens with zero attached hydrogens (tertiary/aromatic N) is 1. The van der Waals surface area contributed by atoms with Crippen molar-refractivity contribution in [3.05, 3.63) is 47.0 Å². The molecule has 0 bridgehead atoms. The van der Waals surface area contributed by atoms with Gasteiger partial charge in [0.1, 0.15) is 10.7 Å². The molecule has 1 atom stereocenters. The van der Waals surface area contributed by atoms with Gasteiger partial charge < -0.3 is 9.72 Å². The maximum Gasteiger partial charge on any atom is 0.345 e. The summed E-state index contributed by atoms with van der Waals surface area (Å²) in [5, 5.41) is 8.78. The van der Waals surface area contributed by atoms with E-state index in [0.29, 0.717) is 30.5 Å². The Hall–Kier alpha value is -2.51. The summed E-state index contributed by atoms with van der Waals surface area (Å²) in [5.41, 5.74) is -0.0772. The van der Waals surface area contributed by atoms with Crippen LogP contribution in [-0.2, 0) is 27.6 Å². The van der Waals surface area contributed by atoms with Crippen LogP contribution in [0.4, 0.5) is 18.9 Å². The minimum absolute atomic E-state index is 0.0118. The highest BCUT2D eigenvalue weighted by molar-refractivity contribution is 7.92. The predicted molar refractivity (Wildman–Crippen MR) is 99.4 cm³/mol. The van der Waals surface area contributed by atoms with Crippen molar-refractivity contribution in [2.45, 2.75) is 50.2 Å². The molecule has 0 fully saturated rings. The van der Waals surface area contributed by atoms with E-state index >= 15 is 0 Å². The molecule has 10 heteroatoms. The van der Waals surface area contributed by atoms with Gasteiger partial charge in [0.15, 0.2) is 0 Å². The van der Waals surface area contributed by atoms with Crippen LogP contribution in [0.25, 0.3) is 0 Å². The van der Waals surface area contributed by atoms with Gasteiger partial charge in [-0.3, -0.25) is 4.72 Å². The van der Waals surface area contributed by atoms with Crippen LogP contribution in [0.15, 0.2) is 29.3 Å². The molecule has 0 saturated heterocycles. The normalized spacial score (nSPS) is 17.1. The van der Waals surface area contributed by atoms with Crippen LogP contribution >= 0.6 is 0 Å². The van der Waals surface area contributed by atoms with Crippen molar-refractivity contribution in [2.24, 2.45) is 5.92 Å². The first-order valence-corrected chi connectivity index (χ1v) is 10.4. The molecule has 0 aliphatic heterocycles. The van der Waals surface area contributed by atoms with Crippen LogP contribution in [0, 0.1) is 23.1 Å². The fourth-order valence-electron chi connectivity index (χ4n) is 3.63. The van der Waals surface area contributed by atoms with E-state index in [2.05, 4.69) is 9.71 Å². The number of hydrogen-bond acceptors (Lipinski definition) is 4. The summed E-state index contributed by atoms with van der Waals surface area (Å²) in [5.74, 6) is -1.08. The van der Waals surface area contributed by atoms with Crippen LogP contribution in [0.3, 0.4) is 0 Å². The van der Waals surface area contributed by atoms with E-state index < -0.39 is 28.1 Å². The lowest BCUT2D eigenvalue weighted by molar-refractivity contribution is -0.215. The van der Waals surface area contributed by atoms with Gasteiger partial charge in [0, 0.05) is 11.9 Å². The van der Waals surface area contributed by atoms with Gasteiger partial charge in [-0.2, -0.15) is 14.0 Å². The maximum absolute atomic E-state index is 14.1. The quantitative estimate of drug-likeness (QED) is 0.730. The Kier molecular flexibility index (Phi) is 5.65. The first-order chi connectivity index (χ1) is 13.5. The standard InChI is InChI=1S/C19H20F3N3O3S/c1-19(2,28-18(21)22)12-4-5-13-16(8-12)24-10-17(13)29(26,27)25-15-6-3-11(9-23)7-14(15)20/h3,6-7,10,12,18,24-25H,4-5,8H2,1-2H3. The average Bonchev–Trinajstić information content (AvgIpc) is 3.06. The van der Waals surface area contributed by atoms with E-state index in [4.69, 9.17) is 10.00 Å². The van der Waals surface area contributed by atoms with Crippen molar-refractivity contribution in [3.8, 4) is 6.07 Å². The Bertz CT molecular complexity index is 1060. The van der Waals surface area contributed by atoms with Gasteiger partial charge in [-0.05, 0) is 62.8 Å². The second kappa shape index (κ2) is 7.72. The van der Waals surface area contributed by atoms with Gasteiger partial charge in [-0.15, -0.1) is 0 Å². The molecule has 1 heterocycles. The molecular weight excluding hydrogens is 407 g/mol. The number of hydrogen-bond donors (Lipinski definition) is 2. The Morgan fingerprint density at radius 3 is 2.72 bits per heavy atom. The summed E-state index contributed by atoms with van der Waals surface area (Å²) >= 11 is 0. The molecule has 1 aliphatic rings. The number of aromatic nitrogens is 1. The lowest BCUT2D eigenvalue weighted by Gasteiger charge is -2.36. The van der Waals surface area contributed by atoms with Crippen molar-refractivity contribution in [3.63, 3.8) is 0 Å². The van der Waals surface area contributed by atoms with Gasteiger partial charge in [0.05, 0.1) is 22.9 Å².